The Morgan fingerprint density at radius 2 is 1.00 bits per heavy atom. The lowest BCUT2D eigenvalue weighted by Crippen LogP contribution is -2.27. The van der Waals surface area contributed by atoms with Gasteiger partial charge in [-0.15, -0.1) is 0 Å². The van der Waals surface area contributed by atoms with Crippen molar-refractivity contribution in [3.63, 3.8) is 0 Å². The maximum Gasteiger partial charge on any atom is 0.306 e. The van der Waals surface area contributed by atoms with Crippen LogP contribution in [0.2, 0.25) is 0 Å². The summed E-state index contributed by atoms with van der Waals surface area (Å²) in [5.41, 5.74) is 0. The second kappa shape index (κ2) is 38.3. The van der Waals surface area contributed by atoms with Gasteiger partial charge in [0.05, 0.1) is 13.2 Å². The molecule has 0 aromatic rings. The third-order valence-corrected chi connectivity index (χ3v) is 7.83. The van der Waals surface area contributed by atoms with Gasteiger partial charge in [-0.1, -0.05) is 152 Å². The molecule has 4 heteroatoms. The van der Waals surface area contributed by atoms with Crippen LogP contribution in [0, 0.1) is 0 Å². The summed E-state index contributed by atoms with van der Waals surface area (Å²) in [6.45, 7) is 5.16. The molecule has 0 amide bonds. The number of unbranched alkanes of at least 4 members (excludes halogenated alkanes) is 16. The molecule has 0 radical (unpaired) electrons. The van der Waals surface area contributed by atoms with E-state index in [4.69, 9.17) is 9.47 Å². The molecule has 0 saturated carbocycles. The molecule has 0 aromatic carbocycles. The SMILES string of the molecule is CC/C=C\C/C=C\C/C=C\C/C=C\CCCCCCCCCCCOCC(CO)OC(=O)CCCCCCC/C=C\CCCC. The number of rotatable bonds is 34. The fourth-order valence-electron chi connectivity index (χ4n) is 5.00. The first-order chi connectivity index (χ1) is 22.2. The number of esters is 1. The molecule has 0 fully saturated rings. The van der Waals surface area contributed by atoms with Crippen molar-refractivity contribution in [2.24, 2.45) is 0 Å². The van der Waals surface area contributed by atoms with Crippen LogP contribution in [0.1, 0.15) is 168 Å². The number of hydrogen-bond donors (Lipinski definition) is 1. The molecule has 0 saturated heterocycles. The lowest BCUT2D eigenvalue weighted by atomic mass is 10.1. The van der Waals surface area contributed by atoms with E-state index < -0.39 is 6.10 Å². The molecule has 0 bridgehead atoms. The van der Waals surface area contributed by atoms with E-state index in [0.717, 1.165) is 51.4 Å². The highest BCUT2D eigenvalue weighted by atomic mass is 16.6. The Bertz CT molecular complexity index is 749. The van der Waals surface area contributed by atoms with Crippen LogP contribution < -0.4 is 0 Å². The Morgan fingerprint density at radius 1 is 0.556 bits per heavy atom. The highest BCUT2D eigenvalue weighted by Crippen LogP contribution is 2.12. The fourth-order valence-corrected chi connectivity index (χ4v) is 5.00. The molecule has 0 rings (SSSR count). The Hall–Kier alpha value is -1.91. The molecule has 1 N–H and O–H groups in total. The van der Waals surface area contributed by atoms with Gasteiger partial charge in [0.2, 0.25) is 0 Å². The molecular weight excluding hydrogens is 556 g/mol. The van der Waals surface area contributed by atoms with Gasteiger partial charge in [-0.2, -0.15) is 0 Å². The van der Waals surface area contributed by atoms with Gasteiger partial charge in [0.1, 0.15) is 6.10 Å². The first kappa shape index (κ1) is 43.1. The van der Waals surface area contributed by atoms with Gasteiger partial charge in [-0.25, -0.2) is 0 Å². The smallest absolute Gasteiger partial charge is 0.306 e. The zero-order valence-electron chi connectivity index (χ0n) is 29.6. The third-order valence-electron chi connectivity index (χ3n) is 7.83. The monoisotopic (exact) mass is 629 g/mol. The summed E-state index contributed by atoms with van der Waals surface area (Å²) < 4.78 is 11.1. The third kappa shape index (κ3) is 36.4. The molecule has 0 heterocycles. The van der Waals surface area contributed by atoms with E-state index in [1.807, 2.05) is 0 Å². The van der Waals surface area contributed by atoms with Gasteiger partial charge >= 0.3 is 5.97 Å². The Balaban J connectivity index is 3.46. The maximum atomic E-state index is 12.1. The van der Waals surface area contributed by atoms with Crippen LogP contribution in [0.25, 0.3) is 0 Å². The predicted octanol–water partition coefficient (Wildman–Crippen LogP) is 12.1. The van der Waals surface area contributed by atoms with Crippen molar-refractivity contribution in [3.8, 4) is 0 Å². The van der Waals surface area contributed by atoms with Crippen molar-refractivity contribution in [1.82, 2.24) is 0 Å². The normalized spacial score (nSPS) is 13.0. The number of allylic oxidation sites excluding steroid dienone is 10. The number of aliphatic hydroxyl groups excluding tert-OH is 1. The standard InChI is InChI=1S/C41H72O4/c1-3-5-7-9-11-13-15-16-17-18-19-20-21-22-23-24-25-27-29-31-33-35-37-44-39-40(38-42)45-41(43)36-34-32-30-28-26-14-12-10-8-6-4-2/h5,7,10-13,16-17,19-20,40,42H,3-4,6,8-9,14-15,18,21-39H2,1-2H3/b7-5-,12-10-,13-11-,17-16-,20-19-. The van der Waals surface area contributed by atoms with Crippen LogP contribution >= 0.6 is 0 Å². The van der Waals surface area contributed by atoms with E-state index in [0.29, 0.717) is 13.0 Å². The van der Waals surface area contributed by atoms with Crippen molar-refractivity contribution in [2.45, 2.75) is 174 Å². The first-order valence-electron chi connectivity index (χ1n) is 18.9. The molecule has 0 aliphatic rings. The predicted molar refractivity (Wildman–Crippen MR) is 196 cm³/mol. The van der Waals surface area contributed by atoms with Crippen molar-refractivity contribution in [2.75, 3.05) is 19.8 Å². The molecule has 0 aliphatic heterocycles. The van der Waals surface area contributed by atoms with Crippen molar-refractivity contribution in [1.29, 1.82) is 0 Å². The van der Waals surface area contributed by atoms with E-state index in [9.17, 15) is 9.90 Å². The summed E-state index contributed by atoms with van der Waals surface area (Å²) in [6.07, 6.45) is 49.8. The summed E-state index contributed by atoms with van der Waals surface area (Å²) in [6, 6.07) is 0. The summed E-state index contributed by atoms with van der Waals surface area (Å²) in [4.78, 5) is 12.1. The maximum absolute atomic E-state index is 12.1. The quantitative estimate of drug-likeness (QED) is 0.0437. The second-order valence-corrected chi connectivity index (χ2v) is 12.3. The van der Waals surface area contributed by atoms with Gasteiger partial charge in [0.15, 0.2) is 0 Å². The summed E-state index contributed by atoms with van der Waals surface area (Å²) in [5.74, 6) is -0.216. The summed E-state index contributed by atoms with van der Waals surface area (Å²) >= 11 is 0. The highest BCUT2D eigenvalue weighted by molar-refractivity contribution is 5.69. The van der Waals surface area contributed by atoms with Crippen LogP contribution in [-0.2, 0) is 14.3 Å². The van der Waals surface area contributed by atoms with Gasteiger partial charge < -0.3 is 14.6 Å². The summed E-state index contributed by atoms with van der Waals surface area (Å²) in [5, 5.41) is 9.55. The fraction of sp³-hybridized carbons (Fsp3) is 0.732. The number of ether oxygens (including phenoxy) is 2. The van der Waals surface area contributed by atoms with Crippen LogP contribution in [0.15, 0.2) is 60.8 Å². The van der Waals surface area contributed by atoms with Crippen molar-refractivity contribution in [3.05, 3.63) is 60.8 Å². The summed E-state index contributed by atoms with van der Waals surface area (Å²) in [7, 11) is 0. The number of aliphatic hydroxyl groups is 1. The van der Waals surface area contributed by atoms with Crippen LogP contribution in [-0.4, -0.2) is 37.0 Å². The van der Waals surface area contributed by atoms with Crippen molar-refractivity contribution >= 4 is 5.97 Å². The van der Waals surface area contributed by atoms with E-state index in [1.165, 1.54) is 96.3 Å². The van der Waals surface area contributed by atoms with Crippen LogP contribution in [0.5, 0.6) is 0 Å². The molecule has 1 atom stereocenters. The van der Waals surface area contributed by atoms with E-state index >= 15 is 0 Å². The average Bonchev–Trinajstić information content (AvgIpc) is 3.05. The number of hydrogen-bond acceptors (Lipinski definition) is 4. The largest absolute Gasteiger partial charge is 0.457 e. The Labute approximate surface area is 279 Å². The van der Waals surface area contributed by atoms with Crippen LogP contribution in [0.3, 0.4) is 0 Å². The van der Waals surface area contributed by atoms with Gasteiger partial charge in [-0.05, 0) is 70.6 Å². The van der Waals surface area contributed by atoms with Gasteiger partial charge in [-0.3, -0.25) is 4.79 Å². The Morgan fingerprint density at radius 3 is 1.53 bits per heavy atom. The minimum atomic E-state index is -0.542. The number of carbonyl (C=O) groups is 1. The molecule has 45 heavy (non-hydrogen) atoms. The minimum Gasteiger partial charge on any atom is -0.457 e. The molecule has 260 valence electrons. The zero-order valence-corrected chi connectivity index (χ0v) is 29.6. The minimum absolute atomic E-state index is 0.180. The van der Waals surface area contributed by atoms with Crippen LogP contribution in [0.4, 0.5) is 0 Å². The first-order valence-corrected chi connectivity index (χ1v) is 18.9. The van der Waals surface area contributed by atoms with Gasteiger partial charge in [0, 0.05) is 13.0 Å². The second-order valence-electron chi connectivity index (χ2n) is 12.3. The lowest BCUT2D eigenvalue weighted by Gasteiger charge is -2.15. The molecule has 0 aromatic heterocycles. The topological polar surface area (TPSA) is 55.8 Å². The number of carbonyl (C=O) groups excluding carboxylic acids is 1. The Kier molecular flexibility index (Phi) is 36.6. The van der Waals surface area contributed by atoms with Crippen molar-refractivity contribution < 1.29 is 19.4 Å². The lowest BCUT2D eigenvalue weighted by molar-refractivity contribution is -0.154. The van der Waals surface area contributed by atoms with E-state index in [1.54, 1.807) is 0 Å². The zero-order chi connectivity index (χ0) is 32.7. The highest BCUT2D eigenvalue weighted by Gasteiger charge is 2.13. The molecule has 4 nitrogen and oxygen atoms in total. The van der Waals surface area contributed by atoms with E-state index in [-0.39, 0.29) is 19.2 Å². The van der Waals surface area contributed by atoms with Gasteiger partial charge in [0.25, 0.3) is 0 Å². The average molecular weight is 629 g/mol. The molecule has 0 aliphatic carbocycles. The molecule has 0 spiro atoms. The van der Waals surface area contributed by atoms with E-state index in [2.05, 4.69) is 74.6 Å². The molecule has 1 unspecified atom stereocenters. The molecular formula is C41H72O4.